The Labute approximate surface area is 144 Å². The second kappa shape index (κ2) is 8.22. The van der Waals surface area contributed by atoms with Crippen LogP contribution in [-0.4, -0.2) is 48.1 Å². The monoisotopic (exact) mass is 358 g/mol. The van der Waals surface area contributed by atoms with Gasteiger partial charge in [-0.2, -0.15) is 13.2 Å². The molecule has 138 valence electrons. The van der Waals surface area contributed by atoms with E-state index >= 15 is 0 Å². The summed E-state index contributed by atoms with van der Waals surface area (Å²) in [5, 5.41) is 2.68. The molecule has 1 aliphatic rings. The molecule has 2 atom stereocenters. The highest BCUT2D eigenvalue weighted by Crippen LogP contribution is 2.32. The summed E-state index contributed by atoms with van der Waals surface area (Å²) in [6, 6.07) is 6.74. The third kappa shape index (κ3) is 5.65. The molecule has 25 heavy (non-hydrogen) atoms. The minimum atomic E-state index is -4.45. The maximum Gasteiger partial charge on any atom is 0.408 e. The Morgan fingerprint density at radius 2 is 1.92 bits per heavy atom. The Hall–Kier alpha value is -2.25. The molecule has 1 fully saturated rings. The first-order valence-electron chi connectivity index (χ1n) is 8.08. The van der Waals surface area contributed by atoms with Gasteiger partial charge in [0.25, 0.3) is 0 Å². The van der Waals surface area contributed by atoms with E-state index in [2.05, 4.69) is 5.32 Å². The van der Waals surface area contributed by atoms with Crippen LogP contribution in [0.3, 0.4) is 0 Å². The standard InChI is InChI=1S/C17H21F3N2O3/c1-12(23)22-11-13(7-8-15(22)17(18,19)20)21-16(24)9-10-25-14-5-3-2-4-6-14/h2-6,13,15H,7-11H2,1H3,(H,21,24). The number of para-hydroxylation sites is 1. The Morgan fingerprint density at radius 3 is 2.52 bits per heavy atom. The highest BCUT2D eigenvalue weighted by Gasteiger charge is 2.47. The maximum absolute atomic E-state index is 13.0. The van der Waals surface area contributed by atoms with Crippen LogP contribution < -0.4 is 10.1 Å². The van der Waals surface area contributed by atoms with Crippen LogP contribution in [0.25, 0.3) is 0 Å². The van der Waals surface area contributed by atoms with E-state index < -0.39 is 24.2 Å². The van der Waals surface area contributed by atoms with Gasteiger partial charge in [-0.05, 0) is 25.0 Å². The van der Waals surface area contributed by atoms with Crippen molar-refractivity contribution in [3.8, 4) is 5.75 Å². The normalized spacial score (nSPS) is 20.9. The lowest BCUT2D eigenvalue weighted by atomic mass is 9.97. The molecule has 0 aromatic heterocycles. The van der Waals surface area contributed by atoms with Crippen LogP contribution in [0.4, 0.5) is 13.2 Å². The number of benzene rings is 1. The number of hydrogen-bond acceptors (Lipinski definition) is 3. The molecule has 0 spiro atoms. The molecule has 0 saturated carbocycles. The first kappa shape index (κ1) is 19.1. The third-order valence-corrected chi connectivity index (χ3v) is 4.07. The van der Waals surface area contributed by atoms with Gasteiger partial charge in [0.05, 0.1) is 13.0 Å². The predicted octanol–water partition coefficient (Wildman–Crippen LogP) is 2.51. The second-order valence-corrected chi connectivity index (χ2v) is 5.98. The van der Waals surface area contributed by atoms with Crippen molar-refractivity contribution in [2.75, 3.05) is 13.2 Å². The van der Waals surface area contributed by atoms with Crippen LogP contribution in [0.15, 0.2) is 30.3 Å². The van der Waals surface area contributed by atoms with Gasteiger partial charge in [-0.25, -0.2) is 0 Å². The highest BCUT2D eigenvalue weighted by molar-refractivity contribution is 5.77. The lowest BCUT2D eigenvalue weighted by molar-refractivity contribution is -0.196. The van der Waals surface area contributed by atoms with Crippen molar-refractivity contribution in [3.63, 3.8) is 0 Å². The lowest BCUT2D eigenvalue weighted by Crippen LogP contribution is -2.57. The van der Waals surface area contributed by atoms with Gasteiger partial charge in [-0.1, -0.05) is 18.2 Å². The number of rotatable bonds is 5. The van der Waals surface area contributed by atoms with E-state index in [-0.39, 0.29) is 38.3 Å². The number of alkyl halides is 3. The van der Waals surface area contributed by atoms with Crippen molar-refractivity contribution >= 4 is 11.8 Å². The quantitative estimate of drug-likeness (QED) is 0.880. The summed E-state index contributed by atoms with van der Waals surface area (Å²) in [6.07, 6.45) is -4.40. The Balaban J connectivity index is 1.80. The number of nitrogens with one attached hydrogen (secondary N) is 1. The van der Waals surface area contributed by atoms with Crippen molar-refractivity contribution in [1.29, 1.82) is 0 Å². The summed E-state index contributed by atoms with van der Waals surface area (Å²) in [5.74, 6) is -0.313. The first-order chi connectivity index (χ1) is 11.8. The molecular weight excluding hydrogens is 337 g/mol. The molecule has 0 radical (unpaired) electrons. The Kier molecular flexibility index (Phi) is 6.27. The van der Waals surface area contributed by atoms with E-state index in [4.69, 9.17) is 4.74 Å². The number of piperidine rings is 1. The van der Waals surface area contributed by atoms with Crippen LogP contribution in [0.2, 0.25) is 0 Å². The van der Waals surface area contributed by atoms with E-state index in [0.717, 1.165) is 11.8 Å². The zero-order valence-electron chi connectivity index (χ0n) is 13.9. The molecule has 0 aliphatic carbocycles. The van der Waals surface area contributed by atoms with Gasteiger partial charge in [-0.3, -0.25) is 9.59 Å². The van der Waals surface area contributed by atoms with Crippen LogP contribution in [0.1, 0.15) is 26.2 Å². The average Bonchev–Trinajstić information content (AvgIpc) is 2.54. The summed E-state index contributed by atoms with van der Waals surface area (Å²) >= 11 is 0. The summed E-state index contributed by atoms with van der Waals surface area (Å²) in [4.78, 5) is 24.2. The topological polar surface area (TPSA) is 58.6 Å². The van der Waals surface area contributed by atoms with Gasteiger partial charge >= 0.3 is 6.18 Å². The zero-order valence-corrected chi connectivity index (χ0v) is 13.9. The van der Waals surface area contributed by atoms with Crippen LogP contribution >= 0.6 is 0 Å². The molecule has 8 heteroatoms. The number of carbonyl (C=O) groups is 2. The first-order valence-corrected chi connectivity index (χ1v) is 8.08. The number of carbonyl (C=O) groups excluding carboxylic acids is 2. The molecule has 1 heterocycles. The molecule has 1 aromatic carbocycles. The van der Waals surface area contributed by atoms with Crippen molar-refractivity contribution in [3.05, 3.63) is 30.3 Å². The summed E-state index contributed by atoms with van der Waals surface area (Å²) in [7, 11) is 0. The van der Waals surface area contributed by atoms with Crippen LogP contribution in [0.5, 0.6) is 5.75 Å². The molecule has 5 nitrogen and oxygen atoms in total. The van der Waals surface area contributed by atoms with E-state index in [0.29, 0.717) is 5.75 Å². The number of halogens is 3. The minimum Gasteiger partial charge on any atom is -0.493 e. The van der Waals surface area contributed by atoms with Crippen molar-refractivity contribution < 1.29 is 27.5 Å². The van der Waals surface area contributed by atoms with E-state index in [9.17, 15) is 22.8 Å². The molecule has 1 N–H and O–H groups in total. The summed E-state index contributed by atoms with van der Waals surface area (Å²) in [5.41, 5.74) is 0. The maximum atomic E-state index is 13.0. The van der Waals surface area contributed by atoms with Crippen molar-refractivity contribution in [2.45, 2.75) is 44.4 Å². The fraction of sp³-hybridized carbons (Fsp3) is 0.529. The van der Waals surface area contributed by atoms with Gasteiger partial charge in [0, 0.05) is 19.5 Å². The smallest absolute Gasteiger partial charge is 0.408 e. The molecule has 1 aliphatic heterocycles. The molecule has 2 amide bonds. The Morgan fingerprint density at radius 1 is 1.24 bits per heavy atom. The number of hydrogen-bond donors (Lipinski definition) is 1. The van der Waals surface area contributed by atoms with Crippen molar-refractivity contribution in [2.24, 2.45) is 0 Å². The predicted molar refractivity (Wildman–Crippen MR) is 84.9 cm³/mol. The molecule has 2 rings (SSSR count). The fourth-order valence-electron chi connectivity index (χ4n) is 2.86. The lowest BCUT2D eigenvalue weighted by Gasteiger charge is -2.40. The van der Waals surface area contributed by atoms with Gasteiger partial charge in [0.15, 0.2) is 0 Å². The SMILES string of the molecule is CC(=O)N1CC(NC(=O)CCOc2ccccc2)CCC1C(F)(F)F. The van der Waals surface area contributed by atoms with E-state index in [1.165, 1.54) is 0 Å². The van der Waals surface area contributed by atoms with Crippen LogP contribution in [-0.2, 0) is 9.59 Å². The average molecular weight is 358 g/mol. The number of amides is 2. The molecular formula is C17H21F3N2O3. The third-order valence-electron chi connectivity index (χ3n) is 4.07. The van der Waals surface area contributed by atoms with Gasteiger partial charge in [0.1, 0.15) is 11.8 Å². The molecule has 2 unspecified atom stereocenters. The molecule has 1 saturated heterocycles. The molecule has 1 aromatic rings. The minimum absolute atomic E-state index is 0.0914. The number of nitrogens with zero attached hydrogens (tertiary/aromatic N) is 1. The number of ether oxygens (including phenoxy) is 1. The molecule has 0 bridgehead atoms. The summed E-state index contributed by atoms with van der Waals surface area (Å²) in [6.45, 7) is 1.14. The largest absolute Gasteiger partial charge is 0.493 e. The van der Waals surface area contributed by atoms with Gasteiger partial charge in [-0.15, -0.1) is 0 Å². The van der Waals surface area contributed by atoms with Crippen LogP contribution in [0, 0.1) is 0 Å². The van der Waals surface area contributed by atoms with Gasteiger partial charge < -0.3 is 15.0 Å². The fourth-order valence-corrected chi connectivity index (χ4v) is 2.86. The van der Waals surface area contributed by atoms with Gasteiger partial charge in [0.2, 0.25) is 11.8 Å². The zero-order chi connectivity index (χ0) is 18.4. The second-order valence-electron chi connectivity index (χ2n) is 5.98. The summed E-state index contributed by atoms with van der Waals surface area (Å²) < 4.78 is 44.3. The Bertz CT molecular complexity index is 593. The van der Waals surface area contributed by atoms with Crippen molar-refractivity contribution in [1.82, 2.24) is 10.2 Å². The highest BCUT2D eigenvalue weighted by atomic mass is 19.4. The van der Waals surface area contributed by atoms with E-state index in [1.54, 1.807) is 12.1 Å². The van der Waals surface area contributed by atoms with E-state index in [1.807, 2.05) is 18.2 Å². The number of likely N-dealkylation sites (tertiary alicyclic amines) is 1.